The van der Waals surface area contributed by atoms with Crippen LogP contribution in [0.4, 0.5) is 0 Å². The molecule has 0 spiro atoms. The molecule has 0 amide bonds. The van der Waals surface area contributed by atoms with Crippen LogP contribution in [0.3, 0.4) is 0 Å². The van der Waals surface area contributed by atoms with Gasteiger partial charge in [0.1, 0.15) is 0 Å². The van der Waals surface area contributed by atoms with E-state index in [-0.39, 0.29) is 27.3 Å². The van der Waals surface area contributed by atoms with Crippen molar-refractivity contribution in [2.75, 3.05) is 0 Å². The van der Waals surface area contributed by atoms with E-state index < -0.39 is 0 Å². The Morgan fingerprint density at radius 1 is 0.462 bits per heavy atom. The van der Waals surface area contributed by atoms with E-state index in [9.17, 15) is 0 Å². The SMILES string of the molecule is [PbH2].c1ccc(-c2ccccc2)cc1. The molecule has 2 rings (SSSR count). The normalized spacial score (nSPS) is 8.92. The monoisotopic (exact) mass is 364 g/mol. The van der Waals surface area contributed by atoms with E-state index in [2.05, 4.69) is 48.5 Å². The van der Waals surface area contributed by atoms with Gasteiger partial charge in [-0.15, -0.1) is 0 Å². The van der Waals surface area contributed by atoms with Crippen molar-refractivity contribution in [1.82, 2.24) is 0 Å². The Balaban J connectivity index is 0.000000845. The molecule has 0 bridgehead atoms. The van der Waals surface area contributed by atoms with Gasteiger partial charge in [-0.1, -0.05) is 60.7 Å². The Bertz CT molecular complexity index is 303. The molecule has 0 aromatic heterocycles. The van der Waals surface area contributed by atoms with Crippen molar-refractivity contribution in [2.45, 2.75) is 0 Å². The topological polar surface area (TPSA) is 0 Å². The van der Waals surface area contributed by atoms with Gasteiger partial charge in [-0.3, -0.25) is 0 Å². The maximum atomic E-state index is 2.12. The molecule has 0 aliphatic carbocycles. The molecular weight excluding hydrogens is 351 g/mol. The summed E-state index contributed by atoms with van der Waals surface area (Å²) in [6.07, 6.45) is 0. The van der Waals surface area contributed by atoms with Crippen LogP contribution in [0.5, 0.6) is 0 Å². The van der Waals surface area contributed by atoms with Crippen LogP contribution in [-0.2, 0) is 0 Å². The number of rotatable bonds is 1. The minimum absolute atomic E-state index is 0. The van der Waals surface area contributed by atoms with Crippen molar-refractivity contribution in [3.8, 4) is 11.1 Å². The molecule has 2 aromatic rings. The van der Waals surface area contributed by atoms with E-state index in [1.807, 2.05) is 12.1 Å². The minimum atomic E-state index is 0. The molecule has 0 heterocycles. The predicted molar refractivity (Wildman–Crippen MR) is 60.4 cm³/mol. The van der Waals surface area contributed by atoms with Crippen LogP contribution in [0.15, 0.2) is 60.7 Å². The summed E-state index contributed by atoms with van der Waals surface area (Å²) in [6.45, 7) is 0. The van der Waals surface area contributed by atoms with Gasteiger partial charge in [-0.05, 0) is 11.1 Å². The first-order valence-corrected chi connectivity index (χ1v) is 4.07. The summed E-state index contributed by atoms with van der Waals surface area (Å²) in [5.41, 5.74) is 2.55. The number of hydrogen-bond acceptors (Lipinski definition) is 0. The molecule has 0 saturated heterocycles. The Kier molecular flexibility index (Phi) is 4.15. The summed E-state index contributed by atoms with van der Waals surface area (Å²) in [4.78, 5) is 0. The fourth-order valence-corrected chi connectivity index (χ4v) is 1.26. The first kappa shape index (κ1) is 10.4. The van der Waals surface area contributed by atoms with Gasteiger partial charge in [0, 0.05) is 0 Å². The van der Waals surface area contributed by atoms with Crippen LogP contribution in [0.2, 0.25) is 0 Å². The van der Waals surface area contributed by atoms with Gasteiger partial charge >= 0.3 is 27.3 Å². The molecule has 0 N–H and O–H groups in total. The summed E-state index contributed by atoms with van der Waals surface area (Å²) in [6, 6.07) is 20.8. The Hall–Kier alpha value is -0.638. The molecule has 0 fully saturated rings. The average Bonchev–Trinajstić information content (AvgIpc) is 2.21. The summed E-state index contributed by atoms with van der Waals surface area (Å²) in [5.74, 6) is 0. The van der Waals surface area contributed by atoms with Crippen molar-refractivity contribution in [2.24, 2.45) is 0 Å². The molecule has 0 aliphatic rings. The van der Waals surface area contributed by atoms with Gasteiger partial charge in [0.15, 0.2) is 0 Å². The van der Waals surface area contributed by atoms with Crippen LogP contribution < -0.4 is 0 Å². The van der Waals surface area contributed by atoms with Gasteiger partial charge in [-0.25, -0.2) is 0 Å². The summed E-state index contributed by atoms with van der Waals surface area (Å²) < 4.78 is 0. The molecule has 0 atom stereocenters. The summed E-state index contributed by atoms with van der Waals surface area (Å²) >= 11 is 0. The third-order valence-electron chi connectivity index (χ3n) is 1.88. The number of hydrogen-bond donors (Lipinski definition) is 0. The van der Waals surface area contributed by atoms with Gasteiger partial charge in [0.2, 0.25) is 0 Å². The molecule has 13 heavy (non-hydrogen) atoms. The van der Waals surface area contributed by atoms with Gasteiger partial charge in [0.05, 0.1) is 0 Å². The molecule has 0 unspecified atom stereocenters. The van der Waals surface area contributed by atoms with Crippen LogP contribution in [0, 0.1) is 0 Å². The van der Waals surface area contributed by atoms with E-state index >= 15 is 0 Å². The second-order valence-electron chi connectivity index (χ2n) is 2.73. The third-order valence-corrected chi connectivity index (χ3v) is 1.88. The zero-order valence-electron chi connectivity index (χ0n) is 7.48. The number of benzene rings is 2. The Morgan fingerprint density at radius 2 is 0.769 bits per heavy atom. The van der Waals surface area contributed by atoms with Crippen molar-refractivity contribution < 1.29 is 0 Å². The Morgan fingerprint density at radius 3 is 1.08 bits per heavy atom. The van der Waals surface area contributed by atoms with Gasteiger partial charge < -0.3 is 0 Å². The summed E-state index contributed by atoms with van der Waals surface area (Å²) in [5, 5.41) is 0. The molecule has 0 aliphatic heterocycles. The van der Waals surface area contributed by atoms with Crippen molar-refractivity contribution >= 4 is 27.3 Å². The molecule has 0 saturated carbocycles. The molecule has 1 heteroatoms. The molecule has 2 aromatic carbocycles. The van der Waals surface area contributed by atoms with Crippen molar-refractivity contribution in [3.63, 3.8) is 0 Å². The van der Waals surface area contributed by atoms with Crippen LogP contribution >= 0.6 is 0 Å². The van der Waals surface area contributed by atoms with E-state index in [1.54, 1.807) is 0 Å². The van der Waals surface area contributed by atoms with Crippen LogP contribution in [0.1, 0.15) is 0 Å². The fourth-order valence-electron chi connectivity index (χ4n) is 1.26. The predicted octanol–water partition coefficient (Wildman–Crippen LogP) is 2.44. The zero-order valence-corrected chi connectivity index (χ0v) is 13.0. The Labute approximate surface area is 98.8 Å². The van der Waals surface area contributed by atoms with Crippen molar-refractivity contribution in [1.29, 1.82) is 0 Å². The molecule has 64 valence electrons. The smallest absolute Gasteiger partial charge is 0.0184 e. The fraction of sp³-hybridized carbons (Fsp3) is 0. The zero-order chi connectivity index (χ0) is 8.23. The van der Waals surface area contributed by atoms with E-state index in [0.717, 1.165) is 0 Å². The van der Waals surface area contributed by atoms with E-state index in [0.29, 0.717) is 0 Å². The average molecular weight is 363 g/mol. The summed E-state index contributed by atoms with van der Waals surface area (Å²) in [7, 11) is 0. The minimum Gasteiger partial charge on any atom is -0.0622 e. The molecular formula is C12H12Pb. The molecule has 2 radical (unpaired) electrons. The third kappa shape index (κ3) is 2.66. The largest absolute Gasteiger partial charge is 0.0622 e. The van der Waals surface area contributed by atoms with E-state index in [1.165, 1.54) is 11.1 Å². The molecule has 0 nitrogen and oxygen atoms in total. The maximum absolute atomic E-state index is 2.12. The van der Waals surface area contributed by atoms with Crippen LogP contribution in [0.25, 0.3) is 11.1 Å². The standard InChI is InChI=1S/C12H10.Pb.2H/c1-3-7-11(8-4-1)12-9-5-2-6-10-12;;;/h1-10H;;;. The quantitative estimate of drug-likeness (QED) is 0.683. The van der Waals surface area contributed by atoms with E-state index in [4.69, 9.17) is 0 Å². The maximum Gasteiger partial charge on any atom is -0.0184 e. The van der Waals surface area contributed by atoms with Crippen LogP contribution in [-0.4, -0.2) is 27.3 Å². The van der Waals surface area contributed by atoms with Gasteiger partial charge in [0.25, 0.3) is 0 Å². The van der Waals surface area contributed by atoms with Crippen molar-refractivity contribution in [3.05, 3.63) is 60.7 Å². The first-order chi connectivity index (χ1) is 5.97. The second kappa shape index (κ2) is 5.17. The second-order valence-corrected chi connectivity index (χ2v) is 2.73. The van der Waals surface area contributed by atoms with Gasteiger partial charge in [-0.2, -0.15) is 0 Å². The first-order valence-electron chi connectivity index (χ1n) is 4.07.